The van der Waals surface area contributed by atoms with Gasteiger partial charge in [0, 0.05) is 29.6 Å². The van der Waals surface area contributed by atoms with E-state index in [4.69, 9.17) is 17.3 Å². The molecule has 6 heteroatoms. The van der Waals surface area contributed by atoms with Crippen LogP contribution in [0.1, 0.15) is 29.9 Å². The zero-order valence-corrected chi connectivity index (χ0v) is 13.7. The molecule has 0 aliphatic carbocycles. The first-order chi connectivity index (χ1) is 9.43. The smallest absolute Gasteiger partial charge is 0.129 e. The summed E-state index contributed by atoms with van der Waals surface area (Å²) in [5.74, 6) is -0.375. The lowest BCUT2D eigenvalue weighted by molar-refractivity contribution is 0.555. The van der Waals surface area contributed by atoms with E-state index >= 15 is 0 Å². The van der Waals surface area contributed by atoms with E-state index in [1.807, 2.05) is 18.5 Å². The first kappa shape index (κ1) is 15.5. The molecule has 1 aromatic heterocycles. The van der Waals surface area contributed by atoms with E-state index in [0.717, 1.165) is 22.4 Å². The highest BCUT2D eigenvalue weighted by Gasteiger charge is 2.18. The number of hydrogen-bond acceptors (Lipinski definition) is 2. The summed E-state index contributed by atoms with van der Waals surface area (Å²) in [6.45, 7) is 4.68. The van der Waals surface area contributed by atoms with Crippen LogP contribution in [0.25, 0.3) is 0 Å². The van der Waals surface area contributed by atoms with Gasteiger partial charge in [-0.05, 0) is 41.9 Å². The fraction of sp³-hybridized carbons (Fsp3) is 0.357. The van der Waals surface area contributed by atoms with Crippen LogP contribution in [0.2, 0.25) is 5.02 Å². The van der Waals surface area contributed by atoms with Gasteiger partial charge in [0.25, 0.3) is 0 Å². The lowest BCUT2D eigenvalue weighted by Crippen LogP contribution is -2.17. The highest BCUT2D eigenvalue weighted by atomic mass is 79.9. The number of aromatic nitrogens is 2. The van der Waals surface area contributed by atoms with E-state index in [-0.39, 0.29) is 5.82 Å². The molecule has 0 spiro atoms. The van der Waals surface area contributed by atoms with Crippen molar-refractivity contribution in [1.29, 1.82) is 0 Å². The standard InChI is InChI=1S/C14H16BrClFN3/c1-3-20-13(14(15)8(2)19-20)7-12(18)10-5-4-9(16)6-11(10)17/h4-6,12H,3,7,18H2,1-2H3. The Labute approximate surface area is 131 Å². The largest absolute Gasteiger partial charge is 0.324 e. The highest BCUT2D eigenvalue weighted by molar-refractivity contribution is 9.10. The maximum atomic E-state index is 13.9. The molecule has 2 rings (SSSR count). The normalized spacial score (nSPS) is 12.7. The van der Waals surface area contributed by atoms with Crippen molar-refractivity contribution in [1.82, 2.24) is 9.78 Å². The van der Waals surface area contributed by atoms with Crippen molar-refractivity contribution < 1.29 is 4.39 Å². The monoisotopic (exact) mass is 359 g/mol. The van der Waals surface area contributed by atoms with E-state index in [0.29, 0.717) is 17.0 Å². The van der Waals surface area contributed by atoms with Crippen molar-refractivity contribution in [2.45, 2.75) is 32.9 Å². The van der Waals surface area contributed by atoms with Crippen LogP contribution in [-0.4, -0.2) is 9.78 Å². The summed E-state index contributed by atoms with van der Waals surface area (Å²) in [6.07, 6.45) is 0.508. The molecule has 20 heavy (non-hydrogen) atoms. The van der Waals surface area contributed by atoms with E-state index < -0.39 is 6.04 Å². The molecule has 1 unspecified atom stereocenters. The van der Waals surface area contributed by atoms with E-state index in [1.165, 1.54) is 6.07 Å². The number of aryl methyl sites for hydroxylation is 2. The second kappa shape index (κ2) is 6.24. The van der Waals surface area contributed by atoms with Gasteiger partial charge in [0.15, 0.2) is 0 Å². The summed E-state index contributed by atoms with van der Waals surface area (Å²) in [7, 11) is 0. The minimum Gasteiger partial charge on any atom is -0.324 e. The molecule has 0 bridgehead atoms. The SMILES string of the molecule is CCn1nc(C)c(Br)c1CC(N)c1ccc(Cl)cc1F. The average molecular weight is 361 g/mol. The van der Waals surface area contributed by atoms with E-state index in [1.54, 1.807) is 12.1 Å². The molecule has 0 saturated carbocycles. The van der Waals surface area contributed by atoms with Gasteiger partial charge in [-0.2, -0.15) is 5.10 Å². The van der Waals surface area contributed by atoms with Gasteiger partial charge in [0.2, 0.25) is 0 Å². The van der Waals surface area contributed by atoms with Gasteiger partial charge >= 0.3 is 0 Å². The van der Waals surface area contributed by atoms with Crippen LogP contribution in [0.5, 0.6) is 0 Å². The second-order valence-corrected chi connectivity index (χ2v) is 5.87. The zero-order valence-electron chi connectivity index (χ0n) is 11.3. The summed E-state index contributed by atoms with van der Waals surface area (Å²) in [6, 6.07) is 4.13. The first-order valence-corrected chi connectivity index (χ1v) is 7.53. The van der Waals surface area contributed by atoms with E-state index in [9.17, 15) is 4.39 Å². The Balaban J connectivity index is 2.30. The van der Waals surface area contributed by atoms with Crippen LogP contribution in [0.3, 0.4) is 0 Å². The fourth-order valence-corrected chi connectivity index (χ4v) is 2.79. The molecule has 1 heterocycles. The van der Waals surface area contributed by atoms with E-state index in [2.05, 4.69) is 21.0 Å². The van der Waals surface area contributed by atoms with Crippen molar-refractivity contribution in [3.8, 4) is 0 Å². The third-order valence-electron chi connectivity index (χ3n) is 3.23. The molecule has 0 aliphatic rings. The third-order valence-corrected chi connectivity index (χ3v) is 4.49. The van der Waals surface area contributed by atoms with Crippen molar-refractivity contribution in [2.24, 2.45) is 5.73 Å². The highest BCUT2D eigenvalue weighted by Crippen LogP contribution is 2.27. The third kappa shape index (κ3) is 3.05. The van der Waals surface area contributed by atoms with Gasteiger partial charge in [-0.25, -0.2) is 4.39 Å². The van der Waals surface area contributed by atoms with Gasteiger partial charge in [0.05, 0.1) is 15.9 Å². The summed E-state index contributed by atoms with van der Waals surface area (Å²) in [5, 5.41) is 4.78. The Bertz CT molecular complexity index is 627. The molecule has 0 saturated heterocycles. The topological polar surface area (TPSA) is 43.8 Å². The van der Waals surface area contributed by atoms with Crippen molar-refractivity contribution in [3.05, 3.63) is 50.5 Å². The first-order valence-electron chi connectivity index (χ1n) is 6.36. The lowest BCUT2D eigenvalue weighted by Gasteiger charge is -2.14. The van der Waals surface area contributed by atoms with Crippen LogP contribution in [0.4, 0.5) is 4.39 Å². The van der Waals surface area contributed by atoms with Crippen LogP contribution in [-0.2, 0) is 13.0 Å². The quantitative estimate of drug-likeness (QED) is 0.895. The number of nitrogens with zero attached hydrogens (tertiary/aromatic N) is 2. The molecule has 3 nitrogen and oxygen atoms in total. The number of rotatable bonds is 4. The summed E-state index contributed by atoms with van der Waals surface area (Å²) in [4.78, 5) is 0. The summed E-state index contributed by atoms with van der Waals surface area (Å²) in [5.41, 5.74) is 8.48. The Morgan fingerprint density at radius 1 is 1.50 bits per heavy atom. The predicted octanol–water partition coefficient (Wildman–Crippen LogP) is 4.01. The Hall–Kier alpha value is -0.910. The molecule has 2 N–H and O–H groups in total. The van der Waals surface area contributed by atoms with Gasteiger partial charge in [-0.15, -0.1) is 0 Å². The van der Waals surface area contributed by atoms with Crippen LogP contribution >= 0.6 is 27.5 Å². The summed E-state index contributed by atoms with van der Waals surface area (Å²) < 4.78 is 16.7. The molecule has 2 aromatic rings. The molecule has 0 amide bonds. The molecule has 0 radical (unpaired) electrons. The predicted molar refractivity (Wildman–Crippen MR) is 82.4 cm³/mol. The van der Waals surface area contributed by atoms with Gasteiger partial charge < -0.3 is 5.73 Å². The molecular weight excluding hydrogens is 345 g/mol. The minimum absolute atomic E-state index is 0.370. The molecule has 1 aromatic carbocycles. The van der Waals surface area contributed by atoms with Gasteiger partial charge in [-0.3, -0.25) is 4.68 Å². The Morgan fingerprint density at radius 2 is 2.20 bits per heavy atom. The molecular formula is C14H16BrClFN3. The number of benzene rings is 1. The number of nitrogens with two attached hydrogens (primary N) is 1. The maximum absolute atomic E-state index is 13.9. The summed E-state index contributed by atoms with van der Waals surface area (Å²) >= 11 is 9.27. The van der Waals surface area contributed by atoms with Crippen LogP contribution < -0.4 is 5.73 Å². The lowest BCUT2D eigenvalue weighted by atomic mass is 10.0. The average Bonchev–Trinajstić information content (AvgIpc) is 2.66. The van der Waals surface area contributed by atoms with Crippen LogP contribution in [0.15, 0.2) is 22.7 Å². The number of halogens is 3. The number of hydrogen-bond donors (Lipinski definition) is 1. The minimum atomic E-state index is -0.440. The van der Waals surface area contributed by atoms with Crippen molar-refractivity contribution in [3.63, 3.8) is 0 Å². The maximum Gasteiger partial charge on any atom is 0.129 e. The molecule has 0 fully saturated rings. The Kier molecular flexibility index (Phi) is 4.83. The van der Waals surface area contributed by atoms with Gasteiger partial charge in [-0.1, -0.05) is 17.7 Å². The zero-order chi connectivity index (χ0) is 14.9. The second-order valence-electron chi connectivity index (χ2n) is 4.64. The van der Waals surface area contributed by atoms with Crippen molar-refractivity contribution >= 4 is 27.5 Å². The molecule has 108 valence electrons. The van der Waals surface area contributed by atoms with Crippen LogP contribution in [0, 0.1) is 12.7 Å². The fourth-order valence-electron chi connectivity index (χ4n) is 2.18. The molecule has 0 aliphatic heterocycles. The van der Waals surface area contributed by atoms with Gasteiger partial charge in [0.1, 0.15) is 5.82 Å². The molecule has 1 atom stereocenters. The van der Waals surface area contributed by atoms with Crippen molar-refractivity contribution in [2.75, 3.05) is 0 Å². The Morgan fingerprint density at radius 3 is 2.80 bits per heavy atom.